The number of fused-ring (bicyclic) bond motifs is 2. The van der Waals surface area contributed by atoms with Crippen molar-refractivity contribution < 1.29 is 0 Å². The van der Waals surface area contributed by atoms with E-state index in [0.717, 1.165) is 20.3 Å². The van der Waals surface area contributed by atoms with Crippen LogP contribution in [0.5, 0.6) is 0 Å². The summed E-state index contributed by atoms with van der Waals surface area (Å²) in [4.78, 5) is 2.36. The van der Waals surface area contributed by atoms with E-state index in [1.807, 2.05) is 0 Å². The summed E-state index contributed by atoms with van der Waals surface area (Å²) in [5.74, 6) is 0. The maximum absolute atomic E-state index is 3.60. The van der Waals surface area contributed by atoms with Crippen LogP contribution in [0.2, 0.25) is 0 Å². The second-order valence-corrected chi connectivity index (χ2v) is 12.5. The van der Waals surface area contributed by atoms with Crippen molar-refractivity contribution in [3.63, 3.8) is 0 Å². The van der Waals surface area contributed by atoms with E-state index in [2.05, 4.69) is 142 Å². The van der Waals surface area contributed by atoms with Gasteiger partial charge in [0.25, 0.3) is 0 Å². The Bertz CT molecular complexity index is 1330. The molecule has 7 rings (SSSR count). The van der Waals surface area contributed by atoms with Crippen LogP contribution < -0.4 is 4.90 Å². The van der Waals surface area contributed by atoms with Gasteiger partial charge in [0.2, 0.25) is 0 Å². The molecule has 176 valence electrons. The van der Waals surface area contributed by atoms with Crippen LogP contribution in [0.1, 0.15) is 50.7 Å². The van der Waals surface area contributed by atoms with Crippen LogP contribution in [-0.4, -0.2) is 0 Å². The number of anilines is 3. The maximum Gasteiger partial charge on any atom is 0.0540 e. The van der Waals surface area contributed by atoms with Crippen molar-refractivity contribution in [2.24, 2.45) is 0 Å². The largest absolute Gasteiger partial charge is 0.310 e. The van der Waals surface area contributed by atoms with Gasteiger partial charge in [0, 0.05) is 25.9 Å². The lowest BCUT2D eigenvalue weighted by Gasteiger charge is -2.52. The Hall–Kier alpha value is -2.36. The monoisotopic (exact) mass is 585 g/mol. The van der Waals surface area contributed by atoms with Crippen LogP contribution in [0.25, 0.3) is 11.1 Å². The minimum Gasteiger partial charge on any atom is -0.310 e. The SMILES string of the molecule is CC12CCC(C)(CC1)c1cc(-c3ccccc3N(c3ccc(Br)cc3)c3ccc(Br)cc3)ccc12. The standard InChI is InChI=1S/C32H29Br2N/c1-31-17-19-32(2,20-18-31)29-21-22(7-16-28(29)31)27-5-3-4-6-30(27)35(25-12-8-23(33)9-13-25)26-14-10-24(34)11-15-26/h3-16,21H,17-20H2,1-2H3. The van der Waals surface area contributed by atoms with Crippen molar-refractivity contribution in [2.75, 3.05) is 4.90 Å². The van der Waals surface area contributed by atoms with Gasteiger partial charge < -0.3 is 4.90 Å². The van der Waals surface area contributed by atoms with Gasteiger partial charge in [0.15, 0.2) is 0 Å². The van der Waals surface area contributed by atoms with Crippen molar-refractivity contribution in [3.8, 4) is 11.1 Å². The van der Waals surface area contributed by atoms with E-state index in [1.165, 1.54) is 42.5 Å². The molecule has 1 fully saturated rings. The third-order valence-corrected chi connectivity index (χ3v) is 9.46. The molecule has 0 aliphatic heterocycles. The van der Waals surface area contributed by atoms with Crippen LogP contribution in [0.15, 0.2) is 99.9 Å². The lowest BCUT2D eigenvalue weighted by Crippen LogP contribution is -2.44. The van der Waals surface area contributed by atoms with Gasteiger partial charge in [-0.3, -0.25) is 0 Å². The van der Waals surface area contributed by atoms with Gasteiger partial charge in [-0.05, 0) is 108 Å². The lowest BCUT2D eigenvalue weighted by molar-refractivity contribution is 0.188. The van der Waals surface area contributed by atoms with Crippen molar-refractivity contribution >= 4 is 48.9 Å². The van der Waals surface area contributed by atoms with Gasteiger partial charge in [-0.2, -0.15) is 0 Å². The summed E-state index contributed by atoms with van der Waals surface area (Å²) in [5.41, 5.74) is 9.82. The third kappa shape index (κ3) is 3.97. The molecule has 0 atom stereocenters. The van der Waals surface area contributed by atoms with Crippen LogP contribution >= 0.6 is 31.9 Å². The maximum atomic E-state index is 3.60. The molecule has 35 heavy (non-hydrogen) atoms. The summed E-state index contributed by atoms with van der Waals surface area (Å²) in [6.07, 6.45) is 5.22. The number of rotatable bonds is 4. The van der Waals surface area contributed by atoms with E-state index in [4.69, 9.17) is 0 Å². The molecule has 0 radical (unpaired) electrons. The number of para-hydroxylation sites is 1. The quantitative estimate of drug-likeness (QED) is 0.230. The summed E-state index contributed by atoms with van der Waals surface area (Å²) in [7, 11) is 0. The number of hydrogen-bond donors (Lipinski definition) is 0. The molecule has 1 nitrogen and oxygen atoms in total. The fourth-order valence-electron chi connectivity index (χ4n) is 6.15. The van der Waals surface area contributed by atoms with Gasteiger partial charge in [-0.15, -0.1) is 0 Å². The number of halogens is 2. The normalized spacial score (nSPS) is 22.6. The van der Waals surface area contributed by atoms with E-state index in [1.54, 1.807) is 11.1 Å². The molecular formula is C32H29Br2N. The second-order valence-electron chi connectivity index (χ2n) is 10.7. The van der Waals surface area contributed by atoms with E-state index >= 15 is 0 Å². The van der Waals surface area contributed by atoms with Crippen molar-refractivity contribution in [1.29, 1.82) is 0 Å². The molecule has 2 bridgehead atoms. The van der Waals surface area contributed by atoms with E-state index in [9.17, 15) is 0 Å². The van der Waals surface area contributed by atoms with Gasteiger partial charge in [-0.1, -0.05) is 82.1 Å². The molecule has 0 unspecified atom stereocenters. The first-order valence-electron chi connectivity index (χ1n) is 12.4. The first-order valence-corrected chi connectivity index (χ1v) is 14.0. The minimum absolute atomic E-state index is 0.301. The fourth-order valence-corrected chi connectivity index (χ4v) is 6.68. The Labute approximate surface area is 225 Å². The van der Waals surface area contributed by atoms with E-state index < -0.39 is 0 Å². The Morgan fingerprint density at radius 1 is 0.600 bits per heavy atom. The summed E-state index contributed by atoms with van der Waals surface area (Å²) in [5, 5.41) is 0. The van der Waals surface area contributed by atoms with E-state index in [0.29, 0.717) is 10.8 Å². The molecule has 0 aromatic heterocycles. The van der Waals surface area contributed by atoms with Crippen LogP contribution in [0, 0.1) is 0 Å². The predicted molar refractivity (Wildman–Crippen MR) is 155 cm³/mol. The van der Waals surface area contributed by atoms with Crippen molar-refractivity contribution in [2.45, 2.75) is 50.4 Å². The van der Waals surface area contributed by atoms with Gasteiger partial charge in [-0.25, -0.2) is 0 Å². The zero-order valence-electron chi connectivity index (χ0n) is 20.2. The molecule has 0 heterocycles. The molecule has 0 amide bonds. The molecule has 0 saturated heterocycles. The summed E-state index contributed by atoms with van der Waals surface area (Å²) >= 11 is 7.21. The van der Waals surface area contributed by atoms with Crippen molar-refractivity contribution in [3.05, 3.63) is 111 Å². The Morgan fingerprint density at radius 3 is 1.69 bits per heavy atom. The fraction of sp³-hybridized carbons (Fsp3) is 0.250. The first-order chi connectivity index (χ1) is 16.9. The van der Waals surface area contributed by atoms with Crippen LogP contribution in [-0.2, 0) is 10.8 Å². The molecule has 3 aliphatic carbocycles. The average molecular weight is 587 g/mol. The van der Waals surface area contributed by atoms with Gasteiger partial charge in [0.05, 0.1) is 5.69 Å². The molecule has 3 heteroatoms. The molecule has 4 aromatic carbocycles. The van der Waals surface area contributed by atoms with Gasteiger partial charge >= 0.3 is 0 Å². The smallest absolute Gasteiger partial charge is 0.0540 e. The molecular weight excluding hydrogens is 558 g/mol. The highest BCUT2D eigenvalue weighted by molar-refractivity contribution is 9.10. The highest BCUT2D eigenvalue weighted by Crippen LogP contribution is 2.57. The number of hydrogen-bond acceptors (Lipinski definition) is 1. The van der Waals surface area contributed by atoms with Crippen molar-refractivity contribution in [1.82, 2.24) is 0 Å². The van der Waals surface area contributed by atoms with Crippen LogP contribution in [0.4, 0.5) is 17.1 Å². The van der Waals surface area contributed by atoms with Crippen LogP contribution in [0.3, 0.4) is 0 Å². The lowest BCUT2D eigenvalue weighted by atomic mass is 9.52. The molecule has 4 aromatic rings. The van der Waals surface area contributed by atoms with E-state index in [-0.39, 0.29) is 0 Å². The number of benzene rings is 4. The highest BCUT2D eigenvalue weighted by Gasteiger charge is 2.47. The second kappa shape index (κ2) is 8.64. The number of nitrogens with zero attached hydrogens (tertiary/aromatic N) is 1. The predicted octanol–water partition coefficient (Wildman–Crippen LogP) is 10.5. The Morgan fingerprint density at radius 2 is 1.11 bits per heavy atom. The molecule has 1 saturated carbocycles. The molecule has 0 N–H and O–H groups in total. The first kappa shape index (κ1) is 23.1. The zero-order valence-corrected chi connectivity index (χ0v) is 23.4. The topological polar surface area (TPSA) is 3.24 Å². The Balaban J connectivity index is 1.53. The molecule has 0 spiro atoms. The summed E-state index contributed by atoms with van der Waals surface area (Å²) in [6.45, 7) is 4.96. The molecule has 3 aliphatic rings. The van der Waals surface area contributed by atoms with Gasteiger partial charge in [0.1, 0.15) is 0 Å². The zero-order chi connectivity index (χ0) is 24.2. The minimum atomic E-state index is 0.301. The third-order valence-electron chi connectivity index (χ3n) is 8.40. The average Bonchev–Trinajstić information content (AvgIpc) is 2.88. The Kier molecular flexibility index (Phi) is 5.69. The summed E-state index contributed by atoms with van der Waals surface area (Å²) < 4.78 is 2.16. The summed E-state index contributed by atoms with van der Waals surface area (Å²) in [6, 6.07) is 33.3. The highest BCUT2D eigenvalue weighted by atomic mass is 79.9.